The van der Waals surface area contributed by atoms with Crippen molar-refractivity contribution in [3.63, 3.8) is 0 Å². The number of nitrogens with two attached hydrogens (primary N) is 1. The molecule has 7 heteroatoms. The summed E-state index contributed by atoms with van der Waals surface area (Å²) in [6.07, 6.45) is -0.438. The Balaban J connectivity index is 0.00000338. The second-order valence-corrected chi connectivity index (χ2v) is 5.56. The van der Waals surface area contributed by atoms with Gasteiger partial charge in [-0.25, -0.2) is 4.79 Å². The van der Waals surface area contributed by atoms with E-state index in [2.05, 4.69) is 0 Å². The maximum Gasteiger partial charge on any atom is 0.351 e. The summed E-state index contributed by atoms with van der Waals surface area (Å²) < 4.78 is 16.1. The summed E-state index contributed by atoms with van der Waals surface area (Å²) in [7, 11) is 2.84. The molecule has 3 N–H and O–H groups in total. The fourth-order valence-corrected chi connectivity index (χ4v) is 2.42. The molecular weight excluding hydrogens is 358 g/mol. The van der Waals surface area contributed by atoms with E-state index in [1.165, 1.54) is 14.2 Å². The number of benzene rings is 2. The van der Waals surface area contributed by atoms with Gasteiger partial charge in [-0.05, 0) is 24.1 Å². The number of halogens is 1. The molecule has 0 heterocycles. The Morgan fingerprint density at radius 2 is 1.81 bits per heavy atom. The molecule has 0 aliphatic heterocycles. The van der Waals surface area contributed by atoms with Crippen LogP contribution in [0.3, 0.4) is 0 Å². The van der Waals surface area contributed by atoms with Crippen LogP contribution in [0.25, 0.3) is 0 Å². The van der Waals surface area contributed by atoms with Crippen molar-refractivity contribution in [3.05, 3.63) is 59.7 Å². The van der Waals surface area contributed by atoms with Gasteiger partial charge < -0.3 is 25.1 Å². The van der Waals surface area contributed by atoms with Crippen LogP contribution in [-0.4, -0.2) is 37.9 Å². The van der Waals surface area contributed by atoms with Crippen molar-refractivity contribution in [3.8, 4) is 11.5 Å². The summed E-state index contributed by atoms with van der Waals surface area (Å²) in [6, 6.07) is 14.1. The van der Waals surface area contributed by atoms with Crippen molar-refractivity contribution in [2.45, 2.75) is 18.6 Å². The third-order valence-corrected chi connectivity index (χ3v) is 3.72. The first-order chi connectivity index (χ1) is 12.1. The molecule has 2 rings (SSSR count). The molecule has 2 aromatic rings. The van der Waals surface area contributed by atoms with Crippen LogP contribution < -0.4 is 15.2 Å². The highest BCUT2D eigenvalue weighted by Crippen LogP contribution is 2.33. The van der Waals surface area contributed by atoms with E-state index >= 15 is 0 Å². The lowest BCUT2D eigenvalue weighted by Crippen LogP contribution is -2.26. The van der Waals surface area contributed by atoms with Crippen LogP contribution in [0.2, 0.25) is 0 Å². The molecule has 0 saturated heterocycles. The zero-order chi connectivity index (χ0) is 18.2. The Hall–Kier alpha value is -2.28. The molecule has 2 atom stereocenters. The Kier molecular flexibility index (Phi) is 8.92. The van der Waals surface area contributed by atoms with Gasteiger partial charge in [0.15, 0.2) is 11.5 Å². The Bertz CT molecular complexity index is 696. The fourth-order valence-electron chi connectivity index (χ4n) is 2.42. The molecule has 0 aliphatic rings. The molecule has 2 unspecified atom stereocenters. The largest absolute Gasteiger partial charge is 0.493 e. The minimum Gasteiger partial charge on any atom is -0.493 e. The van der Waals surface area contributed by atoms with E-state index in [1.807, 2.05) is 24.3 Å². The van der Waals surface area contributed by atoms with Crippen molar-refractivity contribution in [1.29, 1.82) is 0 Å². The van der Waals surface area contributed by atoms with E-state index in [9.17, 15) is 4.79 Å². The standard InChI is InChI=1S/C19H23NO5.ClH/c1-23-16-9-8-13(10-15(20)12-21)11-17(16)25-18(19(22)24-2)14-6-4-3-5-7-14;/h3-9,11,15,18,21H,10,12,20H2,1-2H3;1H. The third kappa shape index (κ3) is 5.62. The maximum atomic E-state index is 12.2. The summed E-state index contributed by atoms with van der Waals surface area (Å²) in [5, 5.41) is 9.12. The second kappa shape index (κ2) is 10.7. The smallest absolute Gasteiger partial charge is 0.351 e. The molecule has 0 bridgehead atoms. The van der Waals surface area contributed by atoms with E-state index in [4.69, 9.17) is 25.1 Å². The van der Waals surface area contributed by atoms with Gasteiger partial charge in [0.1, 0.15) is 0 Å². The Labute approximate surface area is 159 Å². The number of carbonyl (C=O) groups excluding carboxylic acids is 1. The monoisotopic (exact) mass is 381 g/mol. The van der Waals surface area contributed by atoms with Crippen LogP contribution in [0.5, 0.6) is 11.5 Å². The number of hydrogen-bond acceptors (Lipinski definition) is 6. The van der Waals surface area contributed by atoms with E-state index in [0.717, 1.165) is 5.56 Å². The van der Waals surface area contributed by atoms with Gasteiger partial charge in [-0.2, -0.15) is 0 Å². The van der Waals surface area contributed by atoms with E-state index < -0.39 is 12.1 Å². The van der Waals surface area contributed by atoms with Crippen molar-refractivity contribution in [2.75, 3.05) is 20.8 Å². The first-order valence-corrected chi connectivity index (χ1v) is 7.91. The lowest BCUT2D eigenvalue weighted by Gasteiger charge is -2.20. The Morgan fingerprint density at radius 1 is 1.12 bits per heavy atom. The molecule has 142 valence electrons. The van der Waals surface area contributed by atoms with E-state index in [-0.39, 0.29) is 25.1 Å². The number of methoxy groups -OCH3 is 2. The van der Waals surface area contributed by atoms with Crippen LogP contribution in [0.1, 0.15) is 17.2 Å². The van der Waals surface area contributed by atoms with E-state index in [0.29, 0.717) is 23.5 Å². The Morgan fingerprint density at radius 3 is 2.38 bits per heavy atom. The topological polar surface area (TPSA) is 91.0 Å². The number of rotatable bonds is 8. The van der Waals surface area contributed by atoms with E-state index in [1.54, 1.807) is 24.3 Å². The summed E-state index contributed by atoms with van der Waals surface area (Å²) in [5.41, 5.74) is 7.34. The average molecular weight is 382 g/mol. The van der Waals surface area contributed by atoms with Gasteiger partial charge in [0, 0.05) is 11.6 Å². The molecular formula is C19H24ClNO5. The molecule has 0 spiro atoms. The van der Waals surface area contributed by atoms with Gasteiger partial charge in [0.2, 0.25) is 6.10 Å². The predicted octanol–water partition coefficient (Wildman–Crippen LogP) is 2.27. The zero-order valence-corrected chi connectivity index (χ0v) is 15.6. The molecule has 0 amide bonds. The van der Waals surface area contributed by atoms with Crippen LogP contribution >= 0.6 is 12.4 Å². The lowest BCUT2D eigenvalue weighted by molar-refractivity contribution is -0.149. The highest BCUT2D eigenvalue weighted by molar-refractivity contribution is 5.85. The first-order valence-electron chi connectivity index (χ1n) is 7.91. The number of ether oxygens (including phenoxy) is 3. The highest BCUT2D eigenvalue weighted by atomic mass is 35.5. The SMILES string of the molecule is COC(=O)C(Oc1cc(CC(N)CO)ccc1OC)c1ccccc1.Cl. The molecule has 0 saturated carbocycles. The third-order valence-electron chi connectivity index (χ3n) is 3.72. The number of esters is 1. The molecule has 0 aliphatic carbocycles. The molecule has 0 fully saturated rings. The van der Waals surface area contributed by atoms with Crippen molar-refractivity contribution < 1.29 is 24.1 Å². The lowest BCUT2D eigenvalue weighted by atomic mass is 10.1. The number of aliphatic hydroxyl groups excluding tert-OH is 1. The summed E-state index contributed by atoms with van der Waals surface area (Å²) >= 11 is 0. The van der Waals surface area contributed by atoms with Crippen molar-refractivity contribution in [1.82, 2.24) is 0 Å². The van der Waals surface area contributed by atoms with Crippen molar-refractivity contribution >= 4 is 18.4 Å². The number of aliphatic hydroxyl groups is 1. The maximum absolute atomic E-state index is 12.2. The minimum atomic E-state index is -0.915. The summed E-state index contributed by atoms with van der Waals surface area (Å²) in [6.45, 7) is -0.114. The zero-order valence-electron chi connectivity index (χ0n) is 14.8. The van der Waals surface area contributed by atoms with Crippen LogP contribution in [0.4, 0.5) is 0 Å². The number of hydrogen-bond donors (Lipinski definition) is 2. The molecule has 26 heavy (non-hydrogen) atoms. The summed E-state index contributed by atoms with van der Waals surface area (Å²) in [4.78, 5) is 12.2. The minimum absolute atomic E-state index is 0. The quantitative estimate of drug-likeness (QED) is 0.681. The van der Waals surface area contributed by atoms with Crippen LogP contribution in [-0.2, 0) is 16.0 Å². The normalized spacial score (nSPS) is 12.5. The molecule has 2 aromatic carbocycles. The highest BCUT2D eigenvalue weighted by Gasteiger charge is 2.25. The van der Waals surface area contributed by atoms with Gasteiger partial charge >= 0.3 is 5.97 Å². The average Bonchev–Trinajstić information content (AvgIpc) is 2.66. The predicted molar refractivity (Wildman–Crippen MR) is 101 cm³/mol. The van der Waals surface area contributed by atoms with Crippen LogP contribution in [0, 0.1) is 0 Å². The molecule has 6 nitrogen and oxygen atoms in total. The fraction of sp³-hybridized carbons (Fsp3) is 0.316. The van der Waals surface area contributed by atoms with Gasteiger partial charge in [-0.3, -0.25) is 0 Å². The van der Waals surface area contributed by atoms with Gasteiger partial charge in [-0.1, -0.05) is 36.4 Å². The summed E-state index contributed by atoms with van der Waals surface area (Å²) in [5.74, 6) is 0.390. The van der Waals surface area contributed by atoms with Gasteiger partial charge in [0.25, 0.3) is 0 Å². The van der Waals surface area contributed by atoms with Crippen molar-refractivity contribution in [2.24, 2.45) is 5.73 Å². The second-order valence-electron chi connectivity index (χ2n) is 5.56. The van der Waals surface area contributed by atoms with Gasteiger partial charge in [0.05, 0.1) is 20.8 Å². The number of carbonyl (C=O) groups is 1. The molecule has 0 aromatic heterocycles. The van der Waals surface area contributed by atoms with Crippen LogP contribution in [0.15, 0.2) is 48.5 Å². The molecule has 0 radical (unpaired) electrons. The van der Waals surface area contributed by atoms with Gasteiger partial charge in [-0.15, -0.1) is 12.4 Å². The first kappa shape index (κ1) is 21.8.